The third-order valence-electron chi connectivity index (χ3n) is 11.2. The lowest BCUT2D eigenvalue weighted by atomic mass is 9.51. The van der Waals surface area contributed by atoms with E-state index >= 15 is 0 Å². The number of aromatic nitrogens is 3. The fraction of sp³-hybridized carbons (Fsp3) is 0.568. The molecule has 240 valence electrons. The van der Waals surface area contributed by atoms with E-state index in [4.69, 9.17) is 9.72 Å². The number of hydrogen-bond donors (Lipinski definition) is 1. The van der Waals surface area contributed by atoms with E-state index in [0.29, 0.717) is 18.8 Å². The predicted octanol–water partition coefficient (Wildman–Crippen LogP) is 7.75. The topological polar surface area (TPSA) is 97.5 Å². The number of anilines is 1. The van der Waals surface area contributed by atoms with E-state index in [-0.39, 0.29) is 41.0 Å². The Hall–Kier alpha value is -3.68. The Morgan fingerprint density at radius 3 is 2.47 bits per heavy atom. The van der Waals surface area contributed by atoms with Crippen molar-refractivity contribution in [2.75, 3.05) is 18.6 Å². The molecule has 2 atom stereocenters. The van der Waals surface area contributed by atoms with Crippen molar-refractivity contribution < 1.29 is 19.4 Å². The van der Waals surface area contributed by atoms with Crippen LogP contribution in [0.3, 0.4) is 0 Å². The molecule has 7 rings (SSSR count). The predicted molar refractivity (Wildman–Crippen MR) is 175 cm³/mol. The Balaban J connectivity index is 1.27. The van der Waals surface area contributed by atoms with Crippen LogP contribution in [0, 0.1) is 24.2 Å². The molecule has 4 fully saturated rings. The van der Waals surface area contributed by atoms with Crippen LogP contribution in [0.2, 0.25) is 0 Å². The first-order chi connectivity index (χ1) is 21.6. The van der Waals surface area contributed by atoms with Crippen molar-refractivity contribution in [1.82, 2.24) is 14.8 Å². The lowest BCUT2D eigenvalue weighted by molar-refractivity contribution is -0.139. The van der Waals surface area contributed by atoms with E-state index in [9.17, 15) is 14.7 Å². The van der Waals surface area contributed by atoms with Crippen LogP contribution in [0.4, 0.5) is 5.82 Å². The van der Waals surface area contributed by atoms with E-state index in [1.807, 2.05) is 34.1 Å². The van der Waals surface area contributed by atoms with Gasteiger partial charge in [-0.25, -0.2) is 4.98 Å². The first-order valence-electron chi connectivity index (χ1n) is 16.8. The fourth-order valence-electron chi connectivity index (χ4n) is 8.43. The zero-order chi connectivity index (χ0) is 31.8. The third kappa shape index (κ3) is 6.38. The summed E-state index contributed by atoms with van der Waals surface area (Å²) in [5, 5.41) is 14.0. The summed E-state index contributed by atoms with van der Waals surface area (Å²) in [5.41, 5.74) is 4.85. The van der Waals surface area contributed by atoms with Gasteiger partial charge >= 0.3 is 5.97 Å². The third-order valence-corrected chi connectivity index (χ3v) is 11.2. The molecule has 8 heteroatoms. The molecular formula is C37H48N4O4. The second-order valence-corrected chi connectivity index (χ2v) is 14.4. The maximum absolute atomic E-state index is 14.5. The number of pyridine rings is 1. The first-order valence-corrected chi connectivity index (χ1v) is 16.8. The summed E-state index contributed by atoms with van der Waals surface area (Å²) in [6.45, 7) is 7.00. The van der Waals surface area contributed by atoms with Gasteiger partial charge in [-0.2, -0.15) is 5.10 Å². The summed E-state index contributed by atoms with van der Waals surface area (Å²) < 4.78 is 7.48. The Kier molecular flexibility index (Phi) is 8.77. The minimum atomic E-state index is -0.778. The number of aryl methyl sites for hydroxylation is 1. The number of methoxy groups -OCH3 is 1. The fourth-order valence-corrected chi connectivity index (χ4v) is 8.43. The lowest BCUT2D eigenvalue weighted by Crippen LogP contribution is -2.52. The van der Waals surface area contributed by atoms with Gasteiger partial charge in [0.25, 0.3) is 0 Å². The molecule has 3 aromatic rings. The number of fused-ring (bicyclic) bond motifs is 3. The van der Waals surface area contributed by atoms with E-state index in [2.05, 4.69) is 50.3 Å². The van der Waals surface area contributed by atoms with Crippen LogP contribution >= 0.6 is 0 Å². The molecule has 0 saturated heterocycles. The molecule has 0 aliphatic heterocycles. The van der Waals surface area contributed by atoms with Crippen molar-refractivity contribution in [2.45, 2.75) is 103 Å². The van der Waals surface area contributed by atoms with Crippen LogP contribution in [-0.4, -0.2) is 45.4 Å². The molecule has 1 aromatic carbocycles. The van der Waals surface area contributed by atoms with E-state index in [1.165, 1.54) is 11.1 Å². The molecule has 2 heterocycles. The SMILES string of the molecule is COc1ccc(C23CCC(CN(C(=O)[C@H]4CCC[C@H](CC(=O)O)C4)c4cc(-c5cnn(C(C)C)c5)ccn4)(CC2)CC3)cc1C. The molecule has 1 amide bonds. The van der Waals surface area contributed by atoms with Crippen molar-refractivity contribution in [3.05, 3.63) is 60.0 Å². The Morgan fingerprint density at radius 2 is 1.82 bits per heavy atom. The number of benzene rings is 1. The molecule has 0 radical (unpaired) electrons. The number of amides is 1. The molecule has 2 bridgehead atoms. The zero-order valence-corrected chi connectivity index (χ0v) is 27.3. The van der Waals surface area contributed by atoms with Crippen LogP contribution in [0.15, 0.2) is 48.9 Å². The molecule has 4 aliphatic rings. The Labute approximate surface area is 267 Å². The number of carboxylic acid groups (broad SMARTS) is 1. The van der Waals surface area contributed by atoms with E-state index in [1.54, 1.807) is 7.11 Å². The van der Waals surface area contributed by atoms with Gasteiger partial charge in [0.1, 0.15) is 11.6 Å². The smallest absolute Gasteiger partial charge is 0.303 e. The molecule has 2 aromatic heterocycles. The van der Waals surface area contributed by atoms with Crippen molar-refractivity contribution in [3.8, 4) is 16.9 Å². The summed E-state index contributed by atoms with van der Waals surface area (Å²) in [6.07, 6.45) is 15.7. The standard InChI is InChI=1S/C37H48N4O4/c1-25(2)41-23-30(22-39-41)28-10-17-38-33(21-28)40(35(44)29-7-5-6-27(19-29)20-34(42)43)24-36-11-14-37(15-12-36,16-13-36)31-8-9-32(45-4)26(3)18-31/h8-10,17-18,21-23,25,27,29H,5-7,11-16,19-20,24H2,1-4H3,(H,42,43)/t27-,29-,36?,37?/m0/s1. The number of aliphatic carboxylic acids is 1. The maximum Gasteiger partial charge on any atom is 0.303 e. The molecular weight excluding hydrogens is 564 g/mol. The zero-order valence-electron chi connectivity index (χ0n) is 27.3. The molecule has 0 spiro atoms. The highest BCUT2D eigenvalue weighted by Gasteiger charge is 2.51. The summed E-state index contributed by atoms with van der Waals surface area (Å²) in [4.78, 5) is 32.8. The quantitative estimate of drug-likeness (QED) is 0.251. The number of carboxylic acids is 1. The van der Waals surface area contributed by atoms with Gasteiger partial charge < -0.3 is 9.84 Å². The molecule has 45 heavy (non-hydrogen) atoms. The summed E-state index contributed by atoms with van der Waals surface area (Å²) in [7, 11) is 1.73. The van der Waals surface area contributed by atoms with E-state index < -0.39 is 5.97 Å². The minimum absolute atomic E-state index is 0.0457. The van der Waals surface area contributed by atoms with Gasteiger partial charge in [-0.1, -0.05) is 18.6 Å². The maximum atomic E-state index is 14.5. The van der Waals surface area contributed by atoms with Gasteiger partial charge in [0.2, 0.25) is 5.91 Å². The molecule has 4 saturated carbocycles. The number of rotatable bonds is 10. The second-order valence-electron chi connectivity index (χ2n) is 14.4. The lowest BCUT2D eigenvalue weighted by Gasteiger charge is -2.55. The van der Waals surface area contributed by atoms with E-state index in [0.717, 1.165) is 74.7 Å². The van der Waals surface area contributed by atoms with Crippen LogP contribution in [0.1, 0.15) is 102 Å². The number of hydrogen-bond acceptors (Lipinski definition) is 5. The van der Waals surface area contributed by atoms with Gasteiger partial charge in [0, 0.05) is 42.9 Å². The summed E-state index contributed by atoms with van der Waals surface area (Å²) >= 11 is 0. The number of carbonyl (C=O) groups excluding carboxylic acids is 1. The van der Waals surface area contributed by atoms with Gasteiger partial charge in [-0.05, 0) is 130 Å². The highest BCUT2D eigenvalue weighted by molar-refractivity contribution is 5.95. The molecule has 8 nitrogen and oxygen atoms in total. The number of carbonyl (C=O) groups is 2. The monoisotopic (exact) mass is 612 g/mol. The van der Waals surface area contributed by atoms with Crippen molar-refractivity contribution in [3.63, 3.8) is 0 Å². The number of nitrogens with zero attached hydrogens (tertiary/aromatic N) is 4. The van der Waals surface area contributed by atoms with Gasteiger partial charge in [0.15, 0.2) is 0 Å². The largest absolute Gasteiger partial charge is 0.496 e. The van der Waals surface area contributed by atoms with Crippen molar-refractivity contribution in [2.24, 2.45) is 17.3 Å². The van der Waals surface area contributed by atoms with Crippen LogP contribution in [0.5, 0.6) is 5.75 Å². The van der Waals surface area contributed by atoms with Crippen molar-refractivity contribution in [1.29, 1.82) is 0 Å². The van der Waals surface area contributed by atoms with Crippen LogP contribution in [-0.2, 0) is 15.0 Å². The van der Waals surface area contributed by atoms with Crippen LogP contribution < -0.4 is 9.64 Å². The van der Waals surface area contributed by atoms with Gasteiger partial charge in [-0.15, -0.1) is 0 Å². The second kappa shape index (κ2) is 12.6. The summed E-state index contributed by atoms with van der Waals surface area (Å²) in [6, 6.07) is 11.0. The van der Waals surface area contributed by atoms with Crippen molar-refractivity contribution >= 4 is 17.7 Å². The normalized spacial score (nSPS) is 26.2. The van der Waals surface area contributed by atoms with Gasteiger partial charge in [0.05, 0.1) is 13.3 Å². The first kappa shape index (κ1) is 31.3. The minimum Gasteiger partial charge on any atom is -0.496 e. The summed E-state index contributed by atoms with van der Waals surface area (Å²) in [5.74, 6) is 0.823. The highest BCUT2D eigenvalue weighted by Crippen LogP contribution is 2.58. The highest BCUT2D eigenvalue weighted by atomic mass is 16.5. The Morgan fingerprint density at radius 1 is 1.07 bits per heavy atom. The molecule has 4 aliphatic carbocycles. The Bertz CT molecular complexity index is 1520. The van der Waals surface area contributed by atoms with Gasteiger partial charge in [-0.3, -0.25) is 19.2 Å². The average molecular weight is 613 g/mol. The number of ether oxygens (including phenoxy) is 1. The molecule has 0 unspecified atom stereocenters. The molecule has 1 N–H and O–H groups in total. The average Bonchev–Trinajstić information content (AvgIpc) is 3.55. The van der Waals surface area contributed by atoms with Crippen LogP contribution in [0.25, 0.3) is 11.1 Å².